The molecule has 1 aliphatic heterocycles. The Morgan fingerprint density at radius 2 is 2.05 bits per heavy atom. The number of nitrogens with two attached hydrogens (primary N) is 1. The number of nitrogens with one attached hydrogen (secondary N) is 1. The Kier molecular flexibility index (Phi) is 5.11. The minimum absolute atomic E-state index is 0.194. The van der Waals surface area contributed by atoms with Crippen molar-refractivity contribution in [3.05, 3.63) is 35.4 Å². The summed E-state index contributed by atoms with van der Waals surface area (Å²) in [6.45, 7) is 0.913. The number of hydrogen-bond donors (Lipinski definition) is 3. The predicted molar refractivity (Wildman–Crippen MR) is 77.4 cm³/mol. The van der Waals surface area contributed by atoms with Crippen LogP contribution in [0.2, 0.25) is 0 Å². The molecule has 1 fully saturated rings. The Balaban J connectivity index is 2.12. The monoisotopic (exact) mass is 306 g/mol. The third-order valence-electron chi connectivity index (χ3n) is 3.63. The molecular weight excluding hydrogens is 288 g/mol. The van der Waals surface area contributed by atoms with E-state index in [2.05, 4.69) is 5.32 Å². The van der Waals surface area contributed by atoms with E-state index < -0.39 is 23.8 Å². The van der Waals surface area contributed by atoms with Gasteiger partial charge in [-0.15, -0.1) is 0 Å². The van der Waals surface area contributed by atoms with Crippen LogP contribution in [0.1, 0.15) is 33.6 Å². The number of amides is 2. The van der Waals surface area contributed by atoms with Gasteiger partial charge in [0.15, 0.2) is 0 Å². The molecule has 7 nitrogen and oxygen atoms in total. The molecule has 118 valence electrons. The first-order valence-corrected chi connectivity index (χ1v) is 7.00. The van der Waals surface area contributed by atoms with Gasteiger partial charge >= 0.3 is 5.97 Å². The lowest BCUT2D eigenvalue weighted by Crippen LogP contribution is -2.48. The molecule has 1 aliphatic rings. The van der Waals surface area contributed by atoms with E-state index in [4.69, 9.17) is 10.5 Å². The van der Waals surface area contributed by atoms with Crippen molar-refractivity contribution in [3.63, 3.8) is 0 Å². The smallest absolute Gasteiger partial charge is 0.326 e. The molecule has 0 aliphatic carbocycles. The molecule has 1 saturated heterocycles. The molecule has 2 unspecified atom stereocenters. The maximum atomic E-state index is 12.2. The van der Waals surface area contributed by atoms with Gasteiger partial charge in [-0.25, -0.2) is 4.79 Å². The number of carbonyl (C=O) groups is 3. The molecule has 1 aromatic rings. The van der Waals surface area contributed by atoms with Crippen molar-refractivity contribution in [1.82, 2.24) is 5.32 Å². The first-order chi connectivity index (χ1) is 10.5. The first-order valence-electron chi connectivity index (χ1n) is 7.00. The molecular formula is C15H18N2O5. The molecule has 0 spiro atoms. The SMILES string of the molecule is NC(=O)c1cccc(C(=O)NC(C(=O)O)C2CCCOC2)c1. The fourth-order valence-corrected chi connectivity index (χ4v) is 2.45. The standard InChI is InChI=1S/C15H18N2O5/c16-13(18)9-3-1-4-10(7-9)14(19)17-12(15(20)21)11-5-2-6-22-8-11/h1,3-4,7,11-12H,2,5-6,8H2,(H2,16,18)(H,17,19)(H,20,21). The van der Waals surface area contributed by atoms with E-state index in [1.807, 2.05) is 0 Å². The zero-order chi connectivity index (χ0) is 16.1. The average molecular weight is 306 g/mol. The number of carbonyl (C=O) groups excluding carboxylic acids is 2. The van der Waals surface area contributed by atoms with Crippen LogP contribution in [0.5, 0.6) is 0 Å². The molecule has 2 amide bonds. The number of hydrogen-bond acceptors (Lipinski definition) is 4. The summed E-state index contributed by atoms with van der Waals surface area (Å²) in [6.07, 6.45) is 1.44. The number of benzene rings is 1. The molecule has 0 saturated carbocycles. The van der Waals surface area contributed by atoms with Gasteiger partial charge in [-0.1, -0.05) is 6.07 Å². The van der Waals surface area contributed by atoms with Crippen molar-refractivity contribution in [3.8, 4) is 0 Å². The lowest BCUT2D eigenvalue weighted by atomic mass is 9.93. The third-order valence-corrected chi connectivity index (χ3v) is 3.63. The highest BCUT2D eigenvalue weighted by Crippen LogP contribution is 2.18. The first kappa shape index (κ1) is 16.0. The Morgan fingerprint density at radius 3 is 2.64 bits per heavy atom. The van der Waals surface area contributed by atoms with Crippen molar-refractivity contribution >= 4 is 17.8 Å². The maximum absolute atomic E-state index is 12.2. The van der Waals surface area contributed by atoms with Gasteiger partial charge in [0.25, 0.3) is 5.91 Å². The molecule has 7 heteroatoms. The van der Waals surface area contributed by atoms with E-state index in [0.717, 1.165) is 6.42 Å². The number of carboxylic acid groups (broad SMARTS) is 1. The van der Waals surface area contributed by atoms with E-state index in [1.54, 1.807) is 0 Å². The molecule has 2 atom stereocenters. The lowest BCUT2D eigenvalue weighted by molar-refractivity contribution is -0.142. The summed E-state index contributed by atoms with van der Waals surface area (Å²) in [5.41, 5.74) is 5.56. The second-order valence-corrected chi connectivity index (χ2v) is 5.21. The van der Waals surface area contributed by atoms with E-state index in [1.165, 1.54) is 24.3 Å². The zero-order valence-corrected chi connectivity index (χ0v) is 12.0. The third kappa shape index (κ3) is 3.82. The van der Waals surface area contributed by atoms with Crippen LogP contribution in [0.15, 0.2) is 24.3 Å². The summed E-state index contributed by atoms with van der Waals surface area (Å²) < 4.78 is 5.28. The van der Waals surface area contributed by atoms with Crippen LogP contribution in [0.4, 0.5) is 0 Å². The van der Waals surface area contributed by atoms with Gasteiger partial charge in [0.2, 0.25) is 5.91 Å². The van der Waals surface area contributed by atoms with Crippen LogP contribution in [0.3, 0.4) is 0 Å². The molecule has 0 radical (unpaired) electrons. The molecule has 0 bridgehead atoms. The van der Waals surface area contributed by atoms with Gasteiger partial charge < -0.3 is 20.9 Å². The van der Waals surface area contributed by atoms with Crippen molar-refractivity contribution in [2.24, 2.45) is 11.7 Å². The van der Waals surface area contributed by atoms with Gasteiger partial charge in [-0.05, 0) is 31.0 Å². The molecule has 0 aromatic heterocycles. The van der Waals surface area contributed by atoms with Gasteiger partial charge in [0, 0.05) is 23.7 Å². The normalized spacial score (nSPS) is 19.2. The Bertz CT molecular complexity index is 581. The predicted octanol–water partition coefficient (Wildman–Crippen LogP) is 0.395. The molecule has 1 aromatic carbocycles. The zero-order valence-electron chi connectivity index (χ0n) is 12.0. The van der Waals surface area contributed by atoms with Crippen LogP contribution in [0, 0.1) is 5.92 Å². The van der Waals surface area contributed by atoms with E-state index in [9.17, 15) is 19.5 Å². The number of aliphatic carboxylic acids is 1. The van der Waals surface area contributed by atoms with Crippen molar-refractivity contribution < 1.29 is 24.2 Å². The molecule has 4 N–H and O–H groups in total. The molecule has 2 rings (SSSR count). The minimum Gasteiger partial charge on any atom is -0.480 e. The summed E-state index contributed by atoms with van der Waals surface area (Å²) in [4.78, 5) is 34.7. The van der Waals surface area contributed by atoms with E-state index >= 15 is 0 Å². The second kappa shape index (κ2) is 7.04. The summed E-state index contributed by atoms with van der Waals surface area (Å²) in [5.74, 6) is -2.57. The molecule has 22 heavy (non-hydrogen) atoms. The number of ether oxygens (including phenoxy) is 1. The highest BCUT2D eigenvalue weighted by atomic mass is 16.5. The van der Waals surface area contributed by atoms with Crippen LogP contribution in [0.25, 0.3) is 0 Å². The van der Waals surface area contributed by atoms with E-state index in [-0.39, 0.29) is 17.0 Å². The topological polar surface area (TPSA) is 119 Å². The summed E-state index contributed by atoms with van der Waals surface area (Å²) in [6, 6.07) is 4.83. The Labute approximate surface area is 127 Å². The highest BCUT2D eigenvalue weighted by Gasteiger charge is 2.31. The Hall–Kier alpha value is -2.41. The maximum Gasteiger partial charge on any atom is 0.326 e. The van der Waals surface area contributed by atoms with Crippen molar-refractivity contribution in [2.75, 3.05) is 13.2 Å². The quantitative estimate of drug-likeness (QED) is 0.727. The van der Waals surface area contributed by atoms with Gasteiger partial charge in [0.1, 0.15) is 6.04 Å². The fraction of sp³-hybridized carbons (Fsp3) is 0.400. The van der Waals surface area contributed by atoms with Crippen molar-refractivity contribution in [2.45, 2.75) is 18.9 Å². The van der Waals surface area contributed by atoms with Crippen LogP contribution in [-0.2, 0) is 9.53 Å². The average Bonchev–Trinajstić information content (AvgIpc) is 2.53. The van der Waals surface area contributed by atoms with Crippen LogP contribution < -0.4 is 11.1 Å². The summed E-state index contributed by atoms with van der Waals surface area (Å²) in [5, 5.41) is 11.8. The highest BCUT2D eigenvalue weighted by molar-refractivity contribution is 6.00. The van der Waals surface area contributed by atoms with E-state index in [0.29, 0.717) is 19.6 Å². The number of carboxylic acids is 1. The minimum atomic E-state index is -1.10. The van der Waals surface area contributed by atoms with Crippen LogP contribution in [-0.4, -0.2) is 42.1 Å². The number of primary amides is 1. The van der Waals surface area contributed by atoms with Gasteiger partial charge in [0.05, 0.1) is 6.61 Å². The lowest BCUT2D eigenvalue weighted by Gasteiger charge is -2.28. The summed E-state index contributed by atoms with van der Waals surface area (Å²) >= 11 is 0. The fourth-order valence-electron chi connectivity index (χ4n) is 2.45. The van der Waals surface area contributed by atoms with Gasteiger partial charge in [-0.2, -0.15) is 0 Å². The second-order valence-electron chi connectivity index (χ2n) is 5.21. The Morgan fingerprint density at radius 1 is 1.32 bits per heavy atom. The van der Waals surface area contributed by atoms with Crippen molar-refractivity contribution in [1.29, 1.82) is 0 Å². The largest absolute Gasteiger partial charge is 0.480 e. The van der Waals surface area contributed by atoms with Crippen LogP contribution >= 0.6 is 0 Å². The summed E-state index contributed by atoms with van der Waals surface area (Å²) in [7, 11) is 0. The molecule has 1 heterocycles. The number of rotatable bonds is 5. The van der Waals surface area contributed by atoms with Gasteiger partial charge in [-0.3, -0.25) is 9.59 Å².